The average molecular weight is 324 g/mol. The molecule has 2 heterocycles. The number of hydrogen-bond acceptors (Lipinski definition) is 4. The number of hydrogen-bond donors (Lipinski definition) is 1. The molecule has 2 aromatic heterocycles. The van der Waals surface area contributed by atoms with Gasteiger partial charge in [-0.15, -0.1) is 0 Å². The van der Waals surface area contributed by atoms with E-state index in [0.29, 0.717) is 24.5 Å². The number of nitrogens with zero attached hydrogens (tertiary/aromatic N) is 3. The van der Waals surface area contributed by atoms with Crippen molar-refractivity contribution in [2.75, 3.05) is 11.9 Å². The summed E-state index contributed by atoms with van der Waals surface area (Å²) < 4.78 is 0. The molecule has 1 saturated carbocycles. The van der Waals surface area contributed by atoms with E-state index < -0.39 is 0 Å². The Morgan fingerprint density at radius 3 is 2.62 bits per heavy atom. The van der Waals surface area contributed by atoms with Crippen LogP contribution in [0.25, 0.3) is 0 Å². The Kier molecular flexibility index (Phi) is 4.84. The summed E-state index contributed by atoms with van der Waals surface area (Å²) in [6.07, 6.45) is 6.84. The second kappa shape index (κ2) is 7.21. The fourth-order valence-corrected chi connectivity index (χ4v) is 2.42. The summed E-state index contributed by atoms with van der Waals surface area (Å²) in [5.74, 6) is 0.428. The fraction of sp³-hybridized carbons (Fsp3) is 0.333. The molecule has 1 aliphatic rings. The number of amides is 2. The fourth-order valence-electron chi connectivity index (χ4n) is 2.42. The zero-order valence-electron chi connectivity index (χ0n) is 13.6. The molecular weight excluding hydrogens is 304 g/mol. The first-order valence-electron chi connectivity index (χ1n) is 8.12. The van der Waals surface area contributed by atoms with Crippen LogP contribution < -0.4 is 5.32 Å². The molecule has 0 aliphatic heterocycles. The van der Waals surface area contributed by atoms with E-state index in [9.17, 15) is 9.59 Å². The molecule has 0 saturated heterocycles. The van der Waals surface area contributed by atoms with Crippen molar-refractivity contribution >= 4 is 17.6 Å². The number of rotatable bonds is 6. The molecule has 124 valence electrons. The van der Waals surface area contributed by atoms with E-state index in [1.165, 1.54) is 0 Å². The summed E-state index contributed by atoms with van der Waals surface area (Å²) in [6, 6.07) is 7.09. The molecule has 2 aromatic rings. The lowest BCUT2D eigenvalue weighted by Crippen LogP contribution is -2.30. The van der Waals surface area contributed by atoms with Gasteiger partial charge in [0.2, 0.25) is 5.91 Å². The summed E-state index contributed by atoms with van der Waals surface area (Å²) in [4.78, 5) is 34.4. The molecule has 0 atom stereocenters. The van der Waals surface area contributed by atoms with E-state index in [2.05, 4.69) is 15.3 Å². The van der Waals surface area contributed by atoms with Gasteiger partial charge in [0.05, 0.1) is 0 Å². The molecule has 0 aromatic carbocycles. The van der Waals surface area contributed by atoms with Gasteiger partial charge >= 0.3 is 0 Å². The summed E-state index contributed by atoms with van der Waals surface area (Å²) >= 11 is 0. The zero-order valence-corrected chi connectivity index (χ0v) is 13.6. The maximum Gasteiger partial charge on any atom is 0.254 e. The predicted molar refractivity (Wildman–Crippen MR) is 90.2 cm³/mol. The van der Waals surface area contributed by atoms with Crippen molar-refractivity contribution in [1.82, 2.24) is 14.9 Å². The number of nitrogens with one attached hydrogen (secondary N) is 1. The van der Waals surface area contributed by atoms with Crippen LogP contribution in [0.2, 0.25) is 0 Å². The highest BCUT2D eigenvalue weighted by molar-refractivity contribution is 5.97. The van der Waals surface area contributed by atoms with Crippen LogP contribution in [0.3, 0.4) is 0 Å². The van der Waals surface area contributed by atoms with Crippen molar-refractivity contribution < 1.29 is 9.59 Å². The second-order valence-corrected chi connectivity index (χ2v) is 5.87. The van der Waals surface area contributed by atoms with Gasteiger partial charge in [-0.2, -0.15) is 0 Å². The standard InChI is InChI=1S/C18H20N4O2/c1-2-22(12-13-5-8-19-9-6-13)18(24)15-7-10-20-16(11-15)21-17(23)14-3-4-14/h5-11,14H,2-4,12H2,1H3,(H,20,21,23). The number of carbonyl (C=O) groups excluding carboxylic acids is 2. The van der Waals surface area contributed by atoms with Crippen LogP contribution in [0.15, 0.2) is 42.9 Å². The van der Waals surface area contributed by atoms with Crippen molar-refractivity contribution in [3.8, 4) is 0 Å². The van der Waals surface area contributed by atoms with E-state index in [1.807, 2.05) is 19.1 Å². The topological polar surface area (TPSA) is 75.2 Å². The molecule has 1 fully saturated rings. The Morgan fingerprint density at radius 1 is 1.21 bits per heavy atom. The third-order valence-electron chi connectivity index (χ3n) is 4.00. The van der Waals surface area contributed by atoms with Crippen LogP contribution in [-0.4, -0.2) is 33.2 Å². The van der Waals surface area contributed by atoms with Crippen LogP contribution in [0, 0.1) is 5.92 Å². The maximum absolute atomic E-state index is 12.7. The molecule has 24 heavy (non-hydrogen) atoms. The van der Waals surface area contributed by atoms with E-state index in [1.54, 1.807) is 35.6 Å². The first-order chi connectivity index (χ1) is 11.7. The van der Waals surface area contributed by atoms with Crippen molar-refractivity contribution in [3.63, 3.8) is 0 Å². The molecular formula is C18H20N4O2. The average Bonchev–Trinajstić information content (AvgIpc) is 3.45. The smallest absolute Gasteiger partial charge is 0.254 e. The van der Waals surface area contributed by atoms with Gasteiger partial charge in [-0.25, -0.2) is 4.98 Å². The molecule has 3 rings (SSSR count). The molecule has 0 radical (unpaired) electrons. The minimum absolute atomic E-state index is 0.0174. The lowest BCUT2D eigenvalue weighted by atomic mass is 10.2. The molecule has 1 aliphatic carbocycles. The quantitative estimate of drug-likeness (QED) is 0.886. The van der Waals surface area contributed by atoms with E-state index in [4.69, 9.17) is 0 Å². The van der Waals surface area contributed by atoms with E-state index >= 15 is 0 Å². The summed E-state index contributed by atoms with van der Waals surface area (Å²) in [7, 11) is 0. The van der Waals surface area contributed by atoms with Crippen LogP contribution in [0.1, 0.15) is 35.7 Å². The SMILES string of the molecule is CCN(Cc1ccncc1)C(=O)c1ccnc(NC(=O)C2CC2)c1. The van der Waals surface area contributed by atoms with Crippen molar-refractivity contribution in [2.45, 2.75) is 26.3 Å². The van der Waals surface area contributed by atoms with Crippen LogP contribution >= 0.6 is 0 Å². The van der Waals surface area contributed by atoms with Gasteiger partial charge in [0.1, 0.15) is 5.82 Å². The molecule has 6 nitrogen and oxygen atoms in total. The third-order valence-corrected chi connectivity index (χ3v) is 4.00. The first kappa shape index (κ1) is 16.1. The lowest BCUT2D eigenvalue weighted by Gasteiger charge is -2.21. The molecule has 0 unspecified atom stereocenters. The summed E-state index contributed by atoms with van der Waals surface area (Å²) in [5.41, 5.74) is 1.54. The third kappa shape index (κ3) is 3.95. The van der Waals surface area contributed by atoms with Crippen LogP contribution in [-0.2, 0) is 11.3 Å². The molecule has 0 bridgehead atoms. The highest BCUT2D eigenvalue weighted by Crippen LogP contribution is 2.30. The molecule has 2 amide bonds. The van der Waals surface area contributed by atoms with Crippen molar-refractivity contribution in [1.29, 1.82) is 0 Å². The summed E-state index contributed by atoms with van der Waals surface area (Å²) in [6.45, 7) is 3.05. The monoisotopic (exact) mass is 324 g/mol. The molecule has 0 spiro atoms. The van der Waals surface area contributed by atoms with Gasteiger partial charge in [0, 0.05) is 43.2 Å². The minimum Gasteiger partial charge on any atom is -0.335 e. The Hall–Kier alpha value is -2.76. The molecule has 6 heteroatoms. The van der Waals surface area contributed by atoms with Gasteiger partial charge in [0.25, 0.3) is 5.91 Å². The number of anilines is 1. The minimum atomic E-state index is -0.0846. The van der Waals surface area contributed by atoms with Gasteiger partial charge in [-0.1, -0.05) is 0 Å². The Labute approximate surface area is 140 Å². The van der Waals surface area contributed by atoms with Crippen molar-refractivity contribution in [3.05, 3.63) is 54.0 Å². The van der Waals surface area contributed by atoms with Crippen LogP contribution in [0.4, 0.5) is 5.82 Å². The second-order valence-electron chi connectivity index (χ2n) is 5.87. The van der Waals surface area contributed by atoms with Gasteiger partial charge in [-0.05, 0) is 49.6 Å². The Balaban J connectivity index is 1.71. The number of pyridine rings is 2. The first-order valence-corrected chi connectivity index (χ1v) is 8.12. The van der Waals surface area contributed by atoms with Gasteiger partial charge in [-0.3, -0.25) is 14.6 Å². The van der Waals surface area contributed by atoms with Gasteiger partial charge in [0.15, 0.2) is 0 Å². The van der Waals surface area contributed by atoms with Gasteiger partial charge < -0.3 is 10.2 Å². The van der Waals surface area contributed by atoms with Crippen molar-refractivity contribution in [2.24, 2.45) is 5.92 Å². The zero-order chi connectivity index (χ0) is 16.9. The summed E-state index contributed by atoms with van der Waals surface area (Å²) in [5, 5.41) is 2.78. The van der Waals surface area contributed by atoms with Crippen LogP contribution in [0.5, 0.6) is 0 Å². The number of carbonyl (C=O) groups is 2. The maximum atomic E-state index is 12.7. The van der Waals surface area contributed by atoms with E-state index in [-0.39, 0.29) is 17.7 Å². The molecule has 1 N–H and O–H groups in total. The lowest BCUT2D eigenvalue weighted by molar-refractivity contribution is -0.117. The predicted octanol–water partition coefficient (Wildman–Crippen LogP) is 2.49. The number of aromatic nitrogens is 2. The normalized spacial score (nSPS) is 13.4. The highest BCUT2D eigenvalue weighted by Gasteiger charge is 2.29. The largest absolute Gasteiger partial charge is 0.335 e. The highest BCUT2D eigenvalue weighted by atomic mass is 16.2. The Morgan fingerprint density at radius 2 is 1.96 bits per heavy atom. The Bertz CT molecular complexity index is 729. The van der Waals surface area contributed by atoms with E-state index in [0.717, 1.165) is 18.4 Å².